The molecule has 1 fully saturated rings. The second-order valence-electron chi connectivity index (χ2n) is 4.88. The van der Waals surface area contributed by atoms with Crippen molar-refractivity contribution in [3.05, 3.63) is 18.2 Å². The lowest BCUT2D eigenvalue weighted by atomic mass is 9.94. The molecule has 1 saturated heterocycles. The van der Waals surface area contributed by atoms with Crippen molar-refractivity contribution < 1.29 is 9.42 Å². The molecule has 19 heavy (non-hydrogen) atoms. The number of rotatable bonds is 3. The van der Waals surface area contributed by atoms with Gasteiger partial charge in [0.1, 0.15) is 5.52 Å². The van der Waals surface area contributed by atoms with Crippen LogP contribution in [0.1, 0.15) is 19.3 Å². The summed E-state index contributed by atoms with van der Waals surface area (Å²) in [5.41, 5.74) is 1.92. The van der Waals surface area contributed by atoms with Gasteiger partial charge in [-0.25, -0.2) is 4.63 Å². The molecule has 1 aliphatic heterocycles. The van der Waals surface area contributed by atoms with Crippen LogP contribution in [0.25, 0.3) is 11.0 Å². The minimum Gasteiger partial charge on any atom is -0.324 e. The number of carbonyl (C=O) groups is 1. The quantitative estimate of drug-likeness (QED) is 0.875. The van der Waals surface area contributed by atoms with Crippen LogP contribution in [-0.4, -0.2) is 29.3 Å². The molecule has 0 unspecified atom stereocenters. The van der Waals surface area contributed by atoms with E-state index in [0.29, 0.717) is 29.1 Å². The predicted molar refractivity (Wildman–Crippen MR) is 70.6 cm³/mol. The largest absolute Gasteiger partial charge is 0.324 e. The van der Waals surface area contributed by atoms with Gasteiger partial charge in [0.15, 0.2) is 5.52 Å². The first kappa shape index (κ1) is 12.1. The molecule has 1 aliphatic rings. The van der Waals surface area contributed by atoms with Crippen LogP contribution < -0.4 is 10.6 Å². The Hall–Kier alpha value is -1.95. The van der Waals surface area contributed by atoms with Gasteiger partial charge in [-0.15, -0.1) is 0 Å². The number of benzene rings is 1. The number of carbonyl (C=O) groups excluding carboxylic acids is 1. The van der Waals surface area contributed by atoms with Gasteiger partial charge < -0.3 is 10.6 Å². The van der Waals surface area contributed by atoms with Gasteiger partial charge >= 0.3 is 0 Å². The molecule has 0 atom stereocenters. The maximum atomic E-state index is 12.0. The van der Waals surface area contributed by atoms with Crippen molar-refractivity contribution >= 4 is 22.6 Å². The number of hydrogen-bond donors (Lipinski definition) is 2. The average molecular weight is 260 g/mol. The van der Waals surface area contributed by atoms with Crippen molar-refractivity contribution in [2.45, 2.75) is 19.3 Å². The Kier molecular flexibility index (Phi) is 3.41. The van der Waals surface area contributed by atoms with Gasteiger partial charge in [-0.3, -0.25) is 4.79 Å². The van der Waals surface area contributed by atoms with E-state index in [1.807, 2.05) is 12.1 Å². The number of nitrogens with one attached hydrogen (secondary N) is 2. The van der Waals surface area contributed by atoms with Crippen LogP contribution in [0.4, 0.5) is 5.69 Å². The monoisotopic (exact) mass is 260 g/mol. The van der Waals surface area contributed by atoms with Gasteiger partial charge in [0.25, 0.3) is 0 Å². The van der Waals surface area contributed by atoms with Crippen LogP contribution in [0.15, 0.2) is 22.8 Å². The van der Waals surface area contributed by atoms with Crippen LogP contribution in [0.3, 0.4) is 0 Å². The van der Waals surface area contributed by atoms with Crippen LogP contribution in [0.5, 0.6) is 0 Å². The predicted octanol–water partition coefficient (Wildman–Crippen LogP) is 1.55. The lowest BCUT2D eigenvalue weighted by molar-refractivity contribution is -0.117. The van der Waals surface area contributed by atoms with Crippen molar-refractivity contribution in [1.29, 1.82) is 0 Å². The fraction of sp³-hybridized carbons (Fsp3) is 0.462. The summed E-state index contributed by atoms with van der Waals surface area (Å²) < 4.78 is 4.68. The highest BCUT2D eigenvalue weighted by Crippen LogP contribution is 2.21. The smallest absolute Gasteiger partial charge is 0.224 e. The molecule has 0 saturated carbocycles. The van der Waals surface area contributed by atoms with E-state index >= 15 is 0 Å². The summed E-state index contributed by atoms with van der Waals surface area (Å²) in [6.45, 7) is 2.00. The molecule has 1 amide bonds. The molecular weight excluding hydrogens is 244 g/mol. The van der Waals surface area contributed by atoms with E-state index in [9.17, 15) is 4.79 Å². The van der Waals surface area contributed by atoms with Gasteiger partial charge in [0.2, 0.25) is 5.91 Å². The highest BCUT2D eigenvalue weighted by Gasteiger charge is 2.17. The Morgan fingerprint density at radius 2 is 2.21 bits per heavy atom. The maximum Gasteiger partial charge on any atom is 0.224 e. The number of amides is 1. The topological polar surface area (TPSA) is 80.0 Å². The first-order valence-corrected chi connectivity index (χ1v) is 6.55. The molecule has 2 N–H and O–H groups in total. The van der Waals surface area contributed by atoms with Crippen LogP contribution in [-0.2, 0) is 4.79 Å². The van der Waals surface area contributed by atoms with E-state index in [-0.39, 0.29) is 5.91 Å². The van der Waals surface area contributed by atoms with Gasteiger partial charge in [0, 0.05) is 6.42 Å². The summed E-state index contributed by atoms with van der Waals surface area (Å²) in [7, 11) is 0. The second-order valence-corrected chi connectivity index (χ2v) is 4.88. The molecule has 6 heteroatoms. The molecule has 2 aromatic rings. The zero-order chi connectivity index (χ0) is 13.1. The Labute approximate surface area is 110 Å². The molecule has 6 nitrogen and oxygen atoms in total. The third kappa shape index (κ3) is 2.73. The zero-order valence-corrected chi connectivity index (χ0v) is 10.6. The third-order valence-electron chi connectivity index (χ3n) is 3.49. The van der Waals surface area contributed by atoms with Crippen molar-refractivity contribution in [3.63, 3.8) is 0 Å². The average Bonchev–Trinajstić information content (AvgIpc) is 2.89. The number of anilines is 1. The standard InChI is InChI=1S/C13H16N4O2/c18-12(8-9-4-6-14-7-5-9)15-10-2-1-3-11-13(10)17-19-16-11/h1-3,9,14H,4-8H2,(H,15,18). The van der Waals surface area contributed by atoms with Crippen molar-refractivity contribution in [3.8, 4) is 0 Å². The first-order chi connectivity index (χ1) is 9.33. The van der Waals surface area contributed by atoms with Crippen molar-refractivity contribution in [2.75, 3.05) is 18.4 Å². The molecule has 0 radical (unpaired) electrons. The van der Waals surface area contributed by atoms with Gasteiger partial charge in [-0.1, -0.05) is 6.07 Å². The minimum absolute atomic E-state index is 0.0300. The molecule has 0 spiro atoms. The Balaban J connectivity index is 1.67. The molecule has 1 aromatic heterocycles. The molecule has 1 aromatic carbocycles. The van der Waals surface area contributed by atoms with Gasteiger partial charge in [-0.2, -0.15) is 0 Å². The summed E-state index contributed by atoms with van der Waals surface area (Å²) in [6.07, 6.45) is 2.68. The Morgan fingerprint density at radius 3 is 3.05 bits per heavy atom. The number of aromatic nitrogens is 2. The molecule has 3 rings (SSSR count). The number of fused-ring (bicyclic) bond motifs is 1. The summed E-state index contributed by atoms with van der Waals surface area (Å²) in [6, 6.07) is 5.44. The molecule has 0 bridgehead atoms. The van der Waals surface area contributed by atoms with Crippen LogP contribution >= 0.6 is 0 Å². The summed E-state index contributed by atoms with van der Waals surface area (Å²) in [5, 5.41) is 13.8. The number of nitrogens with zero attached hydrogens (tertiary/aromatic N) is 2. The van der Waals surface area contributed by atoms with Gasteiger partial charge in [-0.05, 0) is 54.3 Å². The van der Waals surface area contributed by atoms with Crippen LogP contribution in [0, 0.1) is 5.92 Å². The highest BCUT2D eigenvalue weighted by molar-refractivity contribution is 5.98. The third-order valence-corrected chi connectivity index (χ3v) is 3.49. The summed E-state index contributed by atoms with van der Waals surface area (Å²) >= 11 is 0. The van der Waals surface area contributed by atoms with E-state index in [0.717, 1.165) is 25.9 Å². The second kappa shape index (κ2) is 5.36. The van der Waals surface area contributed by atoms with Crippen molar-refractivity contribution in [1.82, 2.24) is 15.6 Å². The maximum absolute atomic E-state index is 12.0. The number of piperidine rings is 1. The normalized spacial score (nSPS) is 16.6. The SMILES string of the molecule is O=C(CC1CCNCC1)Nc1cccc2nonc12. The van der Waals surface area contributed by atoms with E-state index in [1.165, 1.54) is 0 Å². The van der Waals surface area contributed by atoms with Crippen LogP contribution in [0.2, 0.25) is 0 Å². The minimum atomic E-state index is 0.0300. The van der Waals surface area contributed by atoms with E-state index in [4.69, 9.17) is 0 Å². The Bertz CT molecular complexity index is 575. The summed E-state index contributed by atoms with van der Waals surface area (Å²) in [4.78, 5) is 12.0. The fourth-order valence-electron chi connectivity index (χ4n) is 2.46. The van der Waals surface area contributed by atoms with Gasteiger partial charge in [0.05, 0.1) is 5.69 Å². The molecule has 0 aliphatic carbocycles. The molecular formula is C13H16N4O2. The van der Waals surface area contributed by atoms with Crippen molar-refractivity contribution in [2.24, 2.45) is 5.92 Å². The zero-order valence-electron chi connectivity index (χ0n) is 10.6. The first-order valence-electron chi connectivity index (χ1n) is 6.55. The Morgan fingerprint density at radius 1 is 1.37 bits per heavy atom. The molecule has 2 heterocycles. The summed E-state index contributed by atoms with van der Waals surface area (Å²) in [5.74, 6) is 0.498. The lowest BCUT2D eigenvalue weighted by Gasteiger charge is -2.21. The van der Waals surface area contributed by atoms with E-state index in [1.54, 1.807) is 6.07 Å². The van der Waals surface area contributed by atoms with E-state index < -0.39 is 0 Å². The highest BCUT2D eigenvalue weighted by atomic mass is 16.6. The number of hydrogen-bond acceptors (Lipinski definition) is 5. The molecule has 100 valence electrons. The lowest BCUT2D eigenvalue weighted by Crippen LogP contribution is -2.30. The fourth-order valence-corrected chi connectivity index (χ4v) is 2.46. The van der Waals surface area contributed by atoms with E-state index in [2.05, 4.69) is 25.6 Å².